The number of imidazole rings is 1. The number of rotatable bonds is 1. The Morgan fingerprint density at radius 1 is 0.947 bits per heavy atom. The van der Waals surface area contributed by atoms with Crippen LogP contribution in [0.1, 0.15) is 26.7 Å². The summed E-state index contributed by atoms with van der Waals surface area (Å²) in [5.41, 5.74) is 3.60. The third-order valence-electron chi connectivity index (χ3n) is 3.14. The number of aryl methyl sites for hydroxylation is 2. The van der Waals surface area contributed by atoms with Crippen molar-refractivity contribution in [1.82, 2.24) is 9.97 Å². The molecule has 2 nitrogen and oxygen atoms in total. The zero-order valence-electron chi connectivity index (χ0n) is 12.0. The molecule has 1 N–H and O–H groups in total. The van der Waals surface area contributed by atoms with Crippen molar-refractivity contribution in [3.63, 3.8) is 0 Å². The molecule has 0 saturated carbocycles. The van der Waals surface area contributed by atoms with E-state index in [4.69, 9.17) is 0 Å². The Labute approximate surface area is 116 Å². The summed E-state index contributed by atoms with van der Waals surface area (Å²) in [6.07, 6.45) is 1.90. The largest absolute Gasteiger partial charge is 0.342 e. The van der Waals surface area contributed by atoms with Crippen LogP contribution in [0.4, 0.5) is 0 Å². The first kappa shape index (κ1) is 13.3. The predicted molar refractivity (Wildman–Crippen MR) is 84.5 cm³/mol. The molecule has 0 spiro atoms. The zero-order valence-corrected chi connectivity index (χ0v) is 12.0. The molecule has 0 aliphatic heterocycles. The number of benzene rings is 2. The summed E-state index contributed by atoms with van der Waals surface area (Å²) in [7, 11) is 0. The number of hydrogen-bond donors (Lipinski definition) is 1. The Balaban J connectivity index is 0.000000639. The average Bonchev–Trinajstić information content (AvgIpc) is 2.88. The Kier molecular flexibility index (Phi) is 4.00. The molecule has 3 aromatic rings. The van der Waals surface area contributed by atoms with Crippen molar-refractivity contribution in [2.24, 2.45) is 0 Å². The van der Waals surface area contributed by atoms with Gasteiger partial charge in [0.1, 0.15) is 5.82 Å². The Bertz CT molecular complexity index is 686. The highest BCUT2D eigenvalue weighted by atomic mass is 14.9. The van der Waals surface area contributed by atoms with Gasteiger partial charge in [-0.25, -0.2) is 4.98 Å². The lowest BCUT2D eigenvalue weighted by Gasteiger charge is -2.07. The van der Waals surface area contributed by atoms with Crippen LogP contribution >= 0.6 is 0 Å². The molecule has 0 saturated heterocycles. The predicted octanol–water partition coefficient (Wildman–Crippen LogP) is 5.12. The average molecular weight is 254 g/mol. The molecule has 3 rings (SSSR count). The molecule has 1 aromatic heterocycles. The highest BCUT2D eigenvalue weighted by molar-refractivity contribution is 5.97. The Hall–Kier alpha value is -2.09. The Morgan fingerprint density at radius 3 is 2.26 bits per heavy atom. The van der Waals surface area contributed by atoms with E-state index in [1.165, 1.54) is 21.9 Å². The zero-order chi connectivity index (χ0) is 13.8. The van der Waals surface area contributed by atoms with Crippen LogP contribution in [0, 0.1) is 13.8 Å². The monoisotopic (exact) mass is 254 g/mol. The maximum atomic E-state index is 4.27. The van der Waals surface area contributed by atoms with Crippen LogP contribution in [0.15, 0.2) is 42.6 Å². The van der Waals surface area contributed by atoms with E-state index in [0.29, 0.717) is 0 Å². The number of fused-ring (bicyclic) bond motifs is 1. The van der Waals surface area contributed by atoms with Crippen molar-refractivity contribution < 1.29 is 1.43 Å². The molecule has 0 fully saturated rings. The normalized spacial score (nSPS) is 10.1. The number of nitrogens with one attached hydrogen (secondary N) is 1. The SMILES string of the molecule is CC.Cc1ncc(-c2ccc(C)c3ccccc23)[nH]1.[HH]. The van der Waals surface area contributed by atoms with E-state index in [0.717, 1.165) is 11.5 Å². The number of nitrogens with zero attached hydrogens (tertiary/aromatic N) is 1. The van der Waals surface area contributed by atoms with Crippen LogP contribution < -0.4 is 0 Å². The number of hydrogen-bond acceptors (Lipinski definition) is 1. The fraction of sp³-hybridized carbons (Fsp3) is 0.235. The summed E-state index contributed by atoms with van der Waals surface area (Å²) < 4.78 is 0. The minimum absolute atomic E-state index is 0. The fourth-order valence-electron chi connectivity index (χ4n) is 2.24. The molecule has 0 radical (unpaired) electrons. The topological polar surface area (TPSA) is 28.7 Å². The van der Waals surface area contributed by atoms with Crippen molar-refractivity contribution in [2.75, 3.05) is 0 Å². The van der Waals surface area contributed by atoms with Gasteiger partial charge in [-0.15, -0.1) is 0 Å². The molecule has 2 heteroatoms. The van der Waals surface area contributed by atoms with E-state index < -0.39 is 0 Å². The van der Waals surface area contributed by atoms with Gasteiger partial charge in [-0.1, -0.05) is 50.2 Å². The Morgan fingerprint density at radius 2 is 1.63 bits per heavy atom. The van der Waals surface area contributed by atoms with Gasteiger partial charge in [0.2, 0.25) is 0 Å². The fourth-order valence-corrected chi connectivity index (χ4v) is 2.24. The van der Waals surface area contributed by atoms with E-state index in [1.54, 1.807) is 0 Å². The lowest BCUT2D eigenvalue weighted by atomic mass is 9.99. The van der Waals surface area contributed by atoms with Gasteiger partial charge < -0.3 is 4.98 Å². The van der Waals surface area contributed by atoms with Gasteiger partial charge in [0.15, 0.2) is 0 Å². The van der Waals surface area contributed by atoms with Gasteiger partial charge in [0, 0.05) is 6.99 Å². The summed E-state index contributed by atoms with van der Waals surface area (Å²) in [5, 5.41) is 2.58. The van der Waals surface area contributed by atoms with E-state index in [9.17, 15) is 0 Å². The molecule has 100 valence electrons. The van der Waals surface area contributed by atoms with E-state index >= 15 is 0 Å². The maximum absolute atomic E-state index is 4.27. The molecule has 0 unspecified atom stereocenters. The standard InChI is InChI=1S/C15H14N2.C2H6.H2/c1-10-7-8-14(15-9-16-11(2)17-15)13-6-4-3-5-12(10)13;1-2;/h3-9H,1-2H3,(H,16,17);1-2H3;1H. The van der Waals surface area contributed by atoms with Crippen LogP contribution in [0.25, 0.3) is 22.0 Å². The first-order valence-corrected chi connectivity index (χ1v) is 6.76. The second kappa shape index (κ2) is 5.70. The molecule has 19 heavy (non-hydrogen) atoms. The molecular weight excluding hydrogens is 232 g/mol. The summed E-state index contributed by atoms with van der Waals surface area (Å²) in [5.74, 6) is 0.949. The lowest BCUT2D eigenvalue weighted by molar-refractivity contribution is 1.15. The molecule has 0 aliphatic carbocycles. The molecule has 0 amide bonds. The van der Waals surface area contributed by atoms with Crippen LogP contribution in [-0.4, -0.2) is 9.97 Å². The molecule has 1 heterocycles. The van der Waals surface area contributed by atoms with Gasteiger partial charge in [-0.05, 0) is 30.2 Å². The number of aromatic amines is 1. The summed E-state index contributed by atoms with van der Waals surface area (Å²) in [4.78, 5) is 7.56. The first-order valence-electron chi connectivity index (χ1n) is 6.76. The third kappa shape index (κ3) is 2.53. The minimum Gasteiger partial charge on any atom is -0.342 e. The molecular formula is C17H22N2. The number of H-pyrrole nitrogens is 1. The molecule has 2 aromatic carbocycles. The molecule has 0 atom stereocenters. The third-order valence-corrected chi connectivity index (χ3v) is 3.14. The van der Waals surface area contributed by atoms with Gasteiger partial charge in [-0.3, -0.25) is 0 Å². The van der Waals surface area contributed by atoms with Crippen molar-refractivity contribution in [2.45, 2.75) is 27.7 Å². The quantitative estimate of drug-likeness (QED) is 0.641. The van der Waals surface area contributed by atoms with Crippen molar-refractivity contribution in [3.8, 4) is 11.3 Å². The van der Waals surface area contributed by atoms with Crippen LogP contribution in [0.2, 0.25) is 0 Å². The number of aromatic nitrogens is 2. The van der Waals surface area contributed by atoms with Crippen LogP contribution in [0.5, 0.6) is 0 Å². The first-order chi connectivity index (χ1) is 9.25. The van der Waals surface area contributed by atoms with Gasteiger partial charge >= 0.3 is 0 Å². The van der Waals surface area contributed by atoms with Gasteiger partial charge in [0.25, 0.3) is 0 Å². The smallest absolute Gasteiger partial charge is 0.103 e. The highest BCUT2D eigenvalue weighted by Crippen LogP contribution is 2.29. The van der Waals surface area contributed by atoms with Crippen LogP contribution in [-0.2, 0) is 0 Å². The van der Waals surface area contributed by atoms with E-state index in [2.05, 4.69) is 53.3 Å². The second-order valence-electron chi connectivity index (χ2n) is 4.36. The van der Waals surface area contributed by atoms with Crippen molar-refractivity contribution in [3.05, 3.63) is 54.0 Å². The summed E-state index contributed by atoms with van der Waals surface area (Å²) in [6.45, 7) is 8.12. The summed E-state index contributed by atoms with van der Waals surface area (Å²) in [6, 6.07) is 12.8. The molecule has 0 aliphatic rings. The highest BCUT2D eigenvalue weighted by Gasteiger charge is 2.06. The molecule has 0 bridgehead atoms. The van der Waals surface area contributed by atoms with Crippen LogP contribution in [0.3, 0.4) is 0 Å². The second-order valence-corrected chi connectivity index (χ2v) is 4.36. The minimum atomic E-state index is 0. The van der Waals surface area contributed by atoms with Gasteiger partial charge in [0.05, 0.1) is 11.9 Å². The summed E-state index contributed by atoms with van der Waals surface area (Å²) >= 11 is 0. The van der Waals surface area contributed by atoms with Gasteiger partial charge in [-0.2, -0.15) is 0 Å². The lowest BCUT2D eigenvalue weighted by Crippen LogP contribution is -1.84. The van der Waals surface area contributed by atoms with E-state index in [-0.39, 0.29) is 1.43 Å². The van der Waals surface area contributed by atoms with E-state index in [1.807, 2.05) is 27.0 Å². The van der Waals surface area contributed by atoms with Crippen molar-refractivity contribution >= 4 is 10.8 Å². The van der Waals surface area contributed by atoms with Crippen molar-refractivity contribution in [1.29, 1.82) is 0 Å². The maximum Gasteiger partial charge on any atom is 0.103 e.